The average molecular weight is 271 g/mol. The Hall–Kier alpha value is -1.91. The van der Waals surface area contributed by atoms with Gasteiger partial charge in [-0.25, -0.2) is 4.98 Å². The number of pyridine rings is 1. The van der Waals surface area contributed by atoms with Crippen molar-refractivity contribution < 1.29 is 4.74 Å². The third-order valence-electron chi connectivity index (χ3n) is 3.11. The van der Waals surface area contributed by atoms with E-state index in [1.54, 1.807) is 13.3 Å². The van der Waals surface area contributed by atoms with Crippen molar-refractivity contribution >= 4 is 5.82 Å². The number of nitrogen functional groups attached to an aromatic ring is 1. The molecule has 0 saturated heterocycles. The molecule has 1 aromatic carbocycles. The van der Waals surface area contributed by atoms with Crippen molar-refractivity contribution in [1.82, 2.24) is 9.88 Å². The van der Waals surface area contributed by atoms with Crippen LogP contribution in [0.15, 0.2) is 48.7 Å². The van der Waals surface area contributed by atoms with Gasteiger partial charge in [-0.05, 0) is 23.3 Å². The molecule has 0 aliphatic carbocycles. The number of hydrogen-bond acceptors (Lipinski definition) is 4. The molecule has 1 aromatic heterocycles. The van der Waals surface area contributed by atoms with Crippen molar-refractivity contribution in [3.8, 4) is 0 Å². The first-order chi connectivity index (χ1) is 9.78. The topological polar surface area (TPSA) is 51.4 Å². The van der Waals surface area contributed by atoms with Crippen LogP contribution in [0.3, 0.4) is 0 Å². The molecule has 0 aliphatic rings. The second-order valence-electron chi connectivity index (χ2n) is 4.78. The fourth-order valence-corrected chi connectivity index (χ4v) is 2.13. The number of nitrogens with two attached hydrogens (primary N) is 1. The van der Waals surface area contributed by atoms with Crippen LogP contribution in [-0.2, 0) is 17.8 Å². The highest BCUT2D eigenvalue weighted by molar-refractivity contribution is 5.31. The molecule has 0 spiro atoms. The number of rotatable bonds is 7. The lowest BCUT2D eigenvalue weighted by Crippen LogP contribution is -2.26. The Bertz CT molecular complexity index is 516. The van der Waals surface area contributed by atoms with E-state index >= 15 is 0 Å². The molecule has 1 heterocycles. The molecular weight excluding hydrogens is 250 g/mol. The Kier molecular flexibility index (Phi) is 5.53. The summed E-state index contributed by atoms with van der Waals surface area (Å²) in [4.78, 5) is 6.37. The molecule has 0 amide bonds. The molecule has 0 radical (unpaired) electrons. The standard InChI is InChI=1S/C16H21N3O/c1-20-10-9-19(12-14-5-3-2-4-6-14)13-15-7-8-18-16(17)11-15/h2-8,11H,9-10,12-13H2,1H3,(H2,17,18). The largest absolute Gasteiger partial charge is 0.384 e. The minimum absolute atomic E-state index is 0.564. The van der Waals surface area contributed by atoms with E-state index in [-0.39, 0.29) is 0 Å². The molecule has 106 valence electrons. The number of aromatic nitrogens is 1. The predicted molar refractivity (Wildman–Crippen MR) is 81.1 cm³/mol. The lowest BCUT2D eigenvalue weighted by Gasteiger charge is -2.22. The molecule has 20 heavy (non-hydrogen) atoms. The molecule has 0 saturated carbocycles. The first-order valence-corrected chi connectivity index (χ1v) is 6.73. The van der Waals surface area contributed by atoms with E-state index in [2.05, 4.69) is 34.1 Å². The smallest absolute Gasteiger partial charge is 0.123 e. The van der Waals surface area contributed by atoms with Gasteiger partial charge in [-0.15, -0.1) is 0 Å². The monoisotopic (exact) mass is 271 g/mol. The van der Waals surface area contributed by atoms with Gasteiger partial charge in [0.15, 0.2) is 0 Å². The Morgan fingerprint density at radius 2 is 1.85 bits per heavy atom. The van der Waals surface area contributed by atoms with Crippen molar-refractivity contribution in [2.45, 2.75) is 13.1 Å². The van der Waals surface area contributed by atoms with E-state index in [0.29, 0.717) is 12.4 Å². The van der Waals surface area contributed by atoms with Gasteiger partial charge in [-0.3, -0.25) is 4.90 Å². The number of hydrogen-bond donors (Lipinski definition) is 1. The minimum atomic E-state index is 0.564. The van der Waals surface area contributed by atoms with Gasteiger partial charge in [-0.2, -0.15) is 0 Å². The van der Waals surface area contributed by atoms with Crippen molar-refractivity contribution in [2.24, 2.45) is 0 Å². The molecule has 0 atom stereocenters. The third-order valence-corrected chi connectivity index (χ3v) is 3.11. The van der Waals surface area contributed by atoms with Crippen LogP contribution >= 0.6 is 0 Å². The van der Waals surface area contributed by atoms with Crippen molar-refractivity contribution in [1.29, 1.82) is 0 Å². The zero-order chi connectivity index (χ0) is 14.2. The van der Waals surface area contributed by atoms with Crippen LogP contribution in [0.4, 0.5) is 5.82 Å². The summed E-state index contributed by atoms with van der Waals surface area (Å²) in [7, 11) is 1.73. The summed E-state index contributed by atoms with van der Waals surface area (Å²) in [6.07, 6.45) is 1.75. The maximum Gasteiger partial charge on any atom is 0.123 e. The van der Waals surface area contributed by atoms with Crippen LogP contribution in [0.5, 0.6) is 0 Å². The molecule has 4 heteroatoms. The van der Waals surface area contributed by atoms with E-state index in [9.17, 15) is 0 Å². The molecule has 2 N–H and O–H groups in total. The molecule has 0 bridgehead atoms. The second kappa shape index (κ2) is 7.62. The van der Waals surface area contributed by atoms with Gasteiger partial charge in [0.05, 0.1) is 6.61 Å². The van der Waals surface area contributed by atoms with Gasteiger partial charge in [0.1, 0.15) is 5.82 Å². The van der Waals surface area contributed by atoms with E-state index in [1.807, 2.05) is 18.2 Å². The SMILES string of the molecule is COCCN(Cc1ccccc1)Cc1ccnc(N)c1. The second-order valence-corrected chi connectivity index (χ2v) is 4.78. The van der Waals surface area contributed by atoms with Gasteiger partial charge in [0.25, 0.3) is 0 Å². The minimum Gasteiger partial charge on any atom is -0.384 e. The Labute approximate surface area is 120 Å². The lowest BCUT2D eigenvalue weighted by atomic mass is 10.2. The Morgan fingerprint density at radius 1 is 1.10 bits per heavy atom. The van der Waals surface area contributed by atoms with Crippen molar-refractivity contribution in [3.63, 3.8) is 0 Å². The normalized spacial score (nSPS) is 10.9. The highest BCUT2D eigenvalue weighted by Gasteiger charge is 2.07. The Morgan fingerprint density at radius 3 is 2.55 bits per heavy atom. The van der Waals surface area contributed by atoms with Crippen molar-refractivity contribution in [3.05, 3.63) is 59.8 Å². The molecule has 0 aliphatic heterocycles. The number of ether oxygens (including phenoxy) is 1. The van der Waals surface area contributed by atoms with Crippen LogP contribution in [0.25, 0.3) is 0 Å². The lowest BCUT2D eigenvalue weighted by molar-refractivity contribution is 0.140. The summed E-state index contributed by atoms with van der Waals surface area (Å²) in [5, 5.41) is 0. The van der Waals surface area contributed by atoms with Crippen LogP contribution in [0.1, 0.15) is 11.1 Å². The molecular formula is C16H21N3O. The quantitative estimate of drug-likeness (QED) is 0.839. The first-order valence-electron chi connectivity index (χ1n) is 6.73. The molecule has 0 fully saturated rings. The molecule has 2 rings (SSSR count). The fraction of sp³-hybridized carbons (Fsp3) is 0.312. The van der Waals surface area contributed by atoms with Crippen LogP contribution < -0.4 is 5.73 Å². The predicted octanol–water partition coefficient (Wildman–Crippen LogP) is 2.31. The van der Waals surface area contributed by atoms with Crippen LogP contribution in [0.2, 0.25) is 0 Å². The van der Waals surface area contributed by atoms with Gasteiger partial charge < -0.3 is 10.5 Å². The van der Waals surface area contributed by atoms with Crippen LogP contribution in [0, 0.1) is 0 Å². The highest BCUT2D eigenvalue weighted by atomic mass is 16.5. The highest BCUT2D eigenvalue weighted by Crippen LogP contribution is 2.11. The number of methoxy groups -OCH3 is 1. The van der Waals surface area contributed by atoms with Gasteiger partial charge in [-0.1, -0.05) is 30.3 Å². The summed E-state index contributed by atoms with van der Waals surface area (Å²) >= 11 is 0. The summed E-state index contributed by atoms with van der Waals surface area (Å²) in [5.74, 6) is 0.564. The van der Waals surface area contributed by atoms with E-state index < -0.39 is 0 Å². The molecule has 0 unspecified atom stereocenters. The van der Waals surface area contributed by atoms with Gasteiger partial charge in [0.2, 0.25) is 0 Å². The van der Waals surface area contributed by atoms with Gasteiger partial charge >= 0.3 is 0 Å². The molecule has 2 aromatic rings. The molecule has 4 nitrogen and oxygen atoms in total. The summed E-state index contributed by atoms with van der Waals surface area (Å²) in [5.41, 5.74) is 8.20. The number of benzene rings is 1. The third kappa shape index (κ3) is 4.64. The van der Waals surface area contributed by atoms with E-state index in [4.69, 9.17) is 10.5 Å². The maximum absolute atomic E-state index is 5.73. The van der Waals surface area contributed by atoms with Crippen molar-refractivity contribution in [2.75, 3.05) is 26.0 Å². The average Bonchev–Trinajstić information content (AvgIpc) is 2.46. The van der Waals surface area contributed by atoms with E-state index in [0.717, 1.165) is 19.6 Å². The number of anilines is 1. The fourth-order valence-electron chi connectivity index (χ4n) is 2.13. The van der Waals surface area contributed by atoms with Gasteiger partial charge in [0, 0.05) is 32.9 Å². The zero-order valence-corrected chi connectivity index (χ0v) is 11.8. The van der Waals surface area contributed by atoms with Crippen LogP contribution in [-0.4, -0.2) is 30.1 Å². The summed E-state index contributed by atoms with van der Waals surface area (Å²) in [6, 6.07) is 14.4. The summed E-state index contributed by atoms with van der Waals surface area (Å²) < 4.78 is 5.19. The first kappa shape index (κ1) is 14.5. The van der Waals surface area contributed by atoms with E-state index in [1.165, 1.54) is 11.1 Å². The Balaban J connectivity index is 2.03. The zero-order valence-electron chi connectivity index (χ0n) is 11.8. The summed E-state index contributed by atoms with van der Waals surface area (Å²) in [6.45, 7) is 3.33. The number of nitrogens with zero attached hydrogens (tertiary/aromatic N) is 2. The maximum atomic E-state index is 5.73.